The highest BCUT2D eigenvalue weighted by atomic mass is 127. The quantitative estimate of drug-likeness (QED) is 0.252. The molecule has 0 fully saturated rings. The van der Waals surface area contributed by atoms with Crippen LogP contribution in [-0.4, -0.2) is 14.4 Å². The molecule has 124 valence electrons. The highest BCUT2D eigenvalue weighted by molar-refractivity contribution is 14.1. The summed E-state index contributed by atoms with van der Waals surface area (Å²) in [4.78, 5) is 0. The molecule has 0 amide bonds. The third-order valence-corrected chi connectivity index (χ3v) is 9.51. The standard InChI is InChI=1S/C19H31IOSi/c1-19(2,3)22(4,5)21-18(15-16-20)14-10-9-13-17-11-7-6-8-12-17/h6-8,11-12,15-16,18H,9-10,13-14H2,1-5H3/b16-15+/t18-/m1/s1. The molecule has 0 radical (unpaired) electrons. The summed E-state index contributed by atoms with van der Waals surface area (Å²) in [6.07, 6.45) is 7.24. The molecule has 0 aliphatic heterocycles. The summed E-state index contributed by atoms with van der Waals surface area (Å²) < 4.78 is 8.65. The molecule has 0 heterocycles. The van der Waals surface area contributed by atoms with E-state index in [1.807, 2.05) is 0 Å². The lowest BCUT2D eigenvalue weighted by molar-refractivity contribution is 0.211. The van der Waals surface area contributed by atoms with Gasteiger partial charge in [-0.3, -0.25) is 0 Å². The van der Waals surface area contributed by atoms with Crippen LogP contribution < -0.4 is 0 Å². The van der Waals surface area contributed by atoms with Crippen molar-refractivity contribution in [1.29, 1.82) is 0 Å². The van der Waals surface area contributed by atoms with E-state index in [9.17, 15) is 0 Å². The molecule has 22 heavy (non-hydrogen) atoms. The van der Waals surface area contributed by atoms with Crippen molar-refractivity contribution >= 4 is 30.9 Å². The molecule has 0 unspecified atom stereocenters. The van der Waals surface area contributed by atoms with E-state index < -0.39 is 8.32 Å². The normalized spacial score (nSPS) is 14.5. The van der Waals surface area contributed by atoms with Gasteiger partial charge in [-0.25, -0.2) is 0 Å². The lowest BCUT2D eigenvalue weighted by Gasteiger charge is -2.38. The number of rotatable bonds is 8. The van der Waals surface area contributed by atoms with Crippen LogP contribution in [0, 0.1) is 0 Å². The van der Waals surface area contributed by atoms with E-state index in [0.717, 1.165) is 6.42 Å². The topological polar surface area (TPSA) is 9.23 Å². The Morgan fingerprint density at radius 1 is 1.14 bits per heavy atom. The highest BCUT2D eigenvalue weighted by Gasteiger charge is 2.38. The molecule has 0 aromatic heterocycles. The van der Waals surface area contributed by atoms with E-state index >= 15 is 0 Å². The number of benzene rings is 1. The lowest BCUT2D eigenvalue weighted by atomic mass is 10.1. The van der Waals surface area contributed by atoms with Crippen LogP contribution in [0.3, 0.4) is 0 Å². The van der Waals surface area contributed by atoms with Crippen molar-refractivity contribution in [2.45, 2.75) is 70.7 Å². The maximum Gasteiger partial charge on any atom is 0.192 e. The van der Waals surface area contributed by atoms with Gasteiger partial charge in [-0.1, -0.05) is 86.2 Å². The Hall–Kier alpha value is -0.133. The maximum atomic E-state index is 6.54. The van der Waals surface area contributed by atoms with E-state index in [-0.39, 0.29) is 11.1 Å². The number of halogens is 1. The molecular weight excluding hydrogens is 399 g/mol. The van der Waals surface area contributed by atoms with Gasteiger partial charge in [0.2, 0.25) is 0 Å². The van der Waals surface area contributed by atoms with Gasteiger partial charge in [0.1, 0.15) is 0 Å². The summed E-state index contributed by atoms with van der Waals surface area (Å²) >= 11 is 2.30. The minimum Gasteiger partial charge on any atom is -0.411 e. The van der Waals surface area contributed by atoms with E-state index in [1.165, 1.54) is 24.8 Å². The van der Waals surface area contributed by atoms with Crippen molar-refractivity contribution in [3.8, 4) is 0 Å². The summed E-state index contributed by atoms with van der Waals surface area (Å²) in [6, 6.07) is 10.8. The first-order valence-corrected chi connectivity index (χ1v) is 12.4. The molecule has 1 nitrogen and oxygen atoms in total. The molecule has 1 atom stereocenters. The Kier molecular flexibility index (Phi) is 8.36. The Morgan fingerprint density at radius 2 is 1.77 bits per heavy atom. The number of unbranched alkanes of at least 4 members (excludes halogenated alkanes) is 1. The average molecular weight is 430 g/mol. The zero-order valence-electron chi connectivity index (χ0n) is 14.7. The highest BCUT2D eigenvalue weighted by Crippen LogP contribution is 2.38. The van der Waals surface area contributed by atoms with Gasteiger partial charge in [0.05, 0.1) is 6.10 Å². The van der Waals surface area contributed by atoms with Crippen LogP contribution in [0.4, 0.5) is 0 Å². The van der Waals surface area contributed by atoms with E-state index in [2.05, 4.69) is 96.9 Å². The number of hydrogen-bond acceptors (Lipinski definition) is 1. The summed E-state index contributed by atoms with van der Waals surface area (Å²) in [7, 11) is -1.68. The monoisotopic (exact) mass is 430 g/mol. The molecule has 0 aliphatic rings. The van der Waals surface area contributed by atoms with Gasteiger partial charge in [-0.05, 0) is 47.0 Å². The van der Waals surface area contributed by atoms with Gasteiger partial charge < -0.3 is 4.43 Å². The van der Waals surface area contributed by atoms with E-state index in [0.29, 0.717) is 0 Å². The minimum absolute atomic E-state index is 0.272. The van der Waals surface area contributed by atoms with Crippen molar-refractivity contribution in [2.24, 2.45) is 0 Å². The SMILES string of the molecule is CC(C)(C)[Si](C)(C)O[C@@H](/C=C/I)CCCCc1ccccc1. The van der Waals surface area contributed by atoms with Crippen LogP contribution in [0.15, 0.2) is 40.5 Å². The molecular formula is C19H31IOSi. The van der Waals surface area contributed by atoms with Crippen LogP contribution in [0.5, 0.6) is 0 Å². The Balaban J connectivity index is 2.45. The molecule has 0 N–H and O–H groups in total. The molecule has 0 saturated heterocycles. The molecule has 1 rings (SSSR count). The fourth-order valence-electron chi connectivity index (χ4n) is 2.15. The first-order valence-electron chi connectivity index (χ1n) is 8.25. The largest absolute Gasteiger partial charge is 0.411 e. The first kappa shape index (κ1) is 19.9. The first-order chi connectivity index (χ1) is 10.3. The van der Waals surface area contributed by atoms with E-state index in [4.69, 9.17) is 4.43 Å². The molecule has 0 bridgehead atoms. The molecule has 0 aliphatic carbocycles. The van der Waals surface area contributed by atoms with Crippen LogP contribution in [0.2, 0.25) is 18.1 Å². The molecule has 1 aromatic carbocycles. The fraction of sp³-hybridized carbons (Fsp3) is 0.579. The second-order valence-electron chi connectivity index (χ2n) is 7.47. The zero-order chi connectivity index (χ0) is 16.6. The zero-order valence-corrected chi connectivity index (χ0v) is 17.9. The van der Waals surface area contributed by atoms with Crippen molar-refractivity contribution < 1.29 is 4.43 Å². The lowest BCUT2D eigenvalue weighted by Crippen LogP contribution is -2.43. The van der Waals surface area contributed by atoms with Gasteiger partial charge in [0.25, 0.3) is 0 Å². The van der Waals surface area contributed by atoms with Crippen LogP contribution in [-0.2, 0) is 10.8 Å². The van der Waals surface area contributed by atoms with Crippen molar-refractivity contribution in [1.82, 2.24) is 0 Å². The summed E-state index contributed by atoms with van der Waals surface area (Å²) in [5.74, 6) is 0. The molecule has 1 aromatic rings. The van der Waals surface area contributed by atoms with Gasteiger partial charge >= 0.3 is 0 Å². The second-order valence-corrected chi connectivity index (χ2v) is 12.9. The summed E-state index contributed by atoms with van der Waals surface area (Å²) in [5, 5.41) is 0.272. The average Bonchev–Trinajstić information content (AvgIpc) is 2.43. The van der Waals surface area contributed by atoms with Crippen molar-refractivity contribution in [3.05, 3.63) is 46.1 Å². The van der Waals surface area contributed by atoms with Crippen LogP contribution in [0.1, 0.15) is 45.6 Å². The van der Waals surface area contributed by atoms with E-state index in [1.54, 1.807) is 0 Å². The number of aryl methyl sites for hydroxylation is 1. The molecule has 0 spiro atoms. The third-order valence-electron chi connectivity index (χ3n) is 4.59. The molecule has 3 heteroatoms. The Morgan fingerprint density at radius 3 is 2.32 bits per heavy atom. The van der Waals surface area contributed by atoms with Crippen LogP contribution >= 0.6 is 22.6 Å². The van der Waals surface area contributed by atoms with Gasteiger partial charge in [0.15, 0.2) is 8.32 Å². The van der Waals surface area contributed by atoms with Crippen molar-refractivity contribution in [2.75, 3.05) is 0 Å². The van der Waals surface area contributed by atoms with Crippen molar-refractivity contribution in [3.63, 3.8) is 0 Å². The maximum absolute atomic E-state index is 6.54. The second kappa shape index (κ2) is 9.23. The van der Waals surface area contributed by atoms with Gasteiger partial charge in [0, 0.05) is 0 Å². The predicted octanol–water partition coefficient (Wildman–Crippen LogP) is 6.74. The third kappa shape index (κ3) is 6.96. The van der Waals surface area contributed by atoms with Gasteiger partial charge in [-0.2, -0.15) is 0 Å². The molecule has 0 saturated carbocycles. The summed E-state index contributed by atoms with van der Waals surface area (Å²) in [6.45, 7) is 11.6. The summed E-state index contributed by atoms with van der Waals surface area (Å²) in [5.41, 5.74) is 1.44. The van der Waals surface area contributed by atoms with Gasteiger partial charge in [-0.15, -0.1) is 0 Å². The number of hydrogen-bond donors (Lipinski definition) is 0. The fourth-order valence-corrected chi connectivity index (χ4v) is 3.92. The Bertz CT molecular complexity index is 448. The Labute approximate surface area is 151 Å². The smallest absolute Gasteiger partial charge is 0.192 e. The van der Waals surface area contributed by atoms with Crippen LogP contribution in [0.25, 0.3) is 0 Å². The predicted molar refractivity (Wildman–Crippen MR) is 109 cm³/mol. The minimum atomic E-state index is -1.68.